The molecule has 1 aromatic heterocycles. The Hall–Kier alpha value is -3.81. The summed E-state index contributed by atoms with van der Waals surface area (Å²) in [5.74, 6) is 1.20. The van der Waals surface area contributed by atoms with Crippen molar-refractivity contribution in [1.82, 2.24) is 14.5 Å². The molecule has 3 aliphatic rings. The number of fused-ring (bicyclic) bond motifs is 1. The summed E-state index contributed by atoms with van der Waals surface area (Å²) >= 11 is 0. The van der Waals surface area contributed by atoms with Crippen molar-refractivity contribution in [3.63, 3.8) is 0 Å². The van der Waals surface area contributed by atoms with Gasteiger partial charge in [-0.15, -0.1) is 0 Å². The Morgan fingerprint density at radius 1 is 0.947 bits per heavy atom. The Labute approximate surface area is 223 Å². The van der Waals surface area contributed by atoms with Crippen LogP contribution in [0.3, 0.4) is 0 Å². The number of aromatic nitrogens is 2. The first kappa shape index (κ1) is 24.5. The Balaban J connectivity index is 1.22. The number of anilines is 2. The van der Waals surface area contributed by atoms with Crippen molar-refractivity contribution >= 4 is 23.4 Å². The van der Waals surface area contributed by atoms with Gasteiger partial charge in [0.25, 0.3) is 0 Å². The Morgan fingerprint density at radius 2 is 1.74 bits per heavy atom. The van der Waals surface area contributed by atoms with Gasteiger partial charge in [-0.05, 0) is 49.4 Å². The number of hydrogen-bond donors (Lipinski definition) is 1. The van der Waals surface area contributed by atoms with Crippen molar-refractivity contribution < 1.29 is 14.3 Å². The lowest BCUT2D eigenvalue weighted by atomic mass is 10.1. The minimum absolute atomic E-state index is 0.122. The maximum atomic E-state index is 12.8. The molecule has 3 heterocycles. The van der Waals surface area contributed by atoms with Crippen molar-refractivity contribution in [1.29, 1.82) is 0 Å². The SMILES string of the molecule is O=C(Nc1ccc(-c2ncc3n2CCN(C(=O)OCc2ccccc2)C3)c(N2CCCCCC2)c1)C1CC1. The van der Waals surface area contributed by atoms with Crippen LogP contribution >= 0.6 is 0 Å². The normalized spacial score (nSPS) is 17.5. The standard InChI is InChI=1S/C30H35N5O3/c36-29(23-10-11-23)32-24-12-13-26(27(18-24)33-14-6-1-2-7-15-33)28-31-19-25-20-34(16-17-35(25)28)30(37)38-21-22-8-4-3-5-9-22/h3-5,8-9,12-13,18-19,23H,1-2,6-7,10-11,14-17,20-21H2,(H,32,36). The molecule has 0 atom stereocenters. The van der Waals surface area contributed by atoms with Gasteiger partial charge in [-0.3, -0.25) is 4.79 Å². The lowest BCUT2D eigenvalue weighted by molar-refractivity contribution is -0.117. The number of ether oxygens (including phenoxy) is 1. The molecule has 0 spiro atoms. The van der Waals surface area contributed by atoms with E-state index in [2.05, 4.69) is 26.9 Å². The van der Waals surface area contributed by atoms with Crippen LogP contribution in [0.2, 0.25) is 0 Å². The average Bonchev–Trinajstić information content (AvgIpc) is 3.76. The first-order chi connectivity index (χ1) is 18.7. The summed E-state index contributed by atoms with van der Waals surface area (Å²) in [5.41, 5.74) is 5.02. The van der Waals surface area contributed by atoms with Crippen LogP contribution in [-0.2, 0) is 29.2 Å². The summed E-state index contributed by atoms with van der Waals surface area (Å²) in [5, 5.41) is 3.12. The molecule has 1 aliphatic carbocycles. The Kier molecular flexibility index (Phi) is 7.03. The third-order valence-electron chi connectivity index (χ3n) is 7.75. The molecule has 2 aliphatic heterocycles. The topological polar surface area (TPSA) is 79.7 Å². The second-order valence-corrected chi connectivity index (χ2v) is 10.6. The summed E-state index contributed by atoms with van der Waals surface area (Å²) in [4.78, 5) is 34.2. The average molecular weight is 514 g/mol. The summed E-state index contributed by atoms with van der Waals surface area (Å²) in [6.45, 7) is 3.96. The van der Waals surface area contributed by atoms with Crippen LogP contribution in [0, 0.1) is 5.92 Å². The molecule has 2 fully saturated rings. The molecular weight excluding hydrogens is 478 g/mol. The van der Waals surface area contributed by atoms with Gasteiger partial charge in [0.15, 0.2) is 0 Å². The molecule has 198 valence electrons. The molecule has 1 N–H and O–H groups in total. The van der Waals surface area contributed by atoms with E-state index in [-0.39, 0.29) is 24.5 Å². The van der Waals surface area contributed by atoms with Crippen molar-refractivity contribution in [3.05, 3.63) is 66.0 Å². The minimum Gasteiger partial charge on any atom is -0.445 e. The van der Waals surface area contributed by atoms with Crippen molar-refractivity contribution in [2.24, 2.45) is 5.92 Å². The number of nitrogens with zero attached hydrogens (tertiary/aromatic N) is 4. The van der Waals surface area contributed by atoms with Crippen LogP contribution in [0.4, 0.5) is 16.2 Å². The van der Waals surface area contributed by atoms with Gasteiger partial charge in [-0.25, -0.2) is 9.78 Å². The summed E-state index contributed by atoms with van der Waals surface area (Å²) in [7, 11) is 0. The molecule has 8 heteroatoms. The molecule has 1 saturated heterocycles. The third-order valence-corrected chi connectivity index (χ3v) is 7.75. The van der Waals surface area contributed by atoms with Crippen LogP contribution in [0.1, 0.15) is 49.8 Å². The highest BCUT2D eigenvalue weighted by molar-refractivity contribution is 5.95. The fourth-order valence-corrected chi connectivity index (χ4v) is 5.42. The van der Waals surface area contributed by atoms with Crippen LogP contribution in [0.5, 0.6) is 0 Å². The molecule has 8 nitrogen and oxygen atoms in total. The molecule has 6 rings (SSSR count). The van der Waals surface area contributed by atoms with Gasteiger partial charge >= 0.3 is 6.09 Å². The number of nitrogens with one attached hydrogen (secondary N) is 1. The van der Waals surface area contributed by atoms with E-state index in [4.69, 9.17) is 9.72 Å². The number of amides is 2. The lowest BCUT2D eigenvalue weighted by Crippen LogP contribution is -2.38. The zero-order valence-corrected chi connectivity index (χ0v) is 21.8. The maximum Gasteiger partial charge on any atom is 0.410 e. The second kappa shape index (κ2) is 10.9. The predicted molar refractivity (Wildman–Crippen MR) is 147 cm³/mol. The van der Waals surface area contributed by atoms with E-state index < -0.39 is 0 Å². The summed E-state index contributed by atoms with van der Waals surface area (Å²) < 4.78 is 7.79. The van der Waals surface area contributed by atoms with E-state index >= 15 is 0 Å². The fraction of sp³-hybridized carbons (Fsp3) is 0.433. The monoisotopic (exact) mass is 513 g/mol. The highest BCUT2D eigenvalue weighted by Crippen LogP contribution is 2.36. The first-order valence-electron chi connectivity index (χ1n) is 13.9. The maximum absolute atomic E-state index is 12.8. The first-order valence-corrected chi connectivity index (χ1v) is 13.9. The molecule has 3 aromatic rings. The number of rotatable bonds is 6. The van der Waals surface area contributed by atoms with E-state index in [0.717, 1.165) is 72.8 Å². The Bertz CT molecular complexity index is 1290. The van der Waals surface area contributed by atoms with Crippen LogP contribution in [0.15, 0.2) is 54.7 Å². The number of imidazole rings is 1. The van der Waals surface area contributed by atoms with E-state index in [0.29, 0.717) is 19.6 Å². The van der Waals surface area contributed by atoms with Gasteiger partial charge in [0.05, 0.1) is 18.4 Å². The van der Waals surface area contributed by atoms with Crippen LogP contribution in [0.25, 0.3) is 11.4 Å². The van der Waals surface area contributed by atoms with Gasteiger partial charge in [-0.2, -0.15) is 0 Å². The van der Waals surface area contributed by atoms with E-state index in [1.54, 1.807) is 4.90 Å². The molecule has 38 heavy (non-hydrogen) atoms. The van der Waals surface area contributed by atoms with E-state index in [1.807, 2.05) is 42.6 Å². The highest BCUT2D eigenvalue weighted by atomic mass is 16.6. The molecule has 0 radical (unpaired) electrons. The van der Waals surface area contributed by atoms with Crippen molar-refractivity contribution in [2.75, 3.05) is 29.9 Å². The number of carbonyl (C=O) groups excluding carboxylic acids is 2. The highest BCUT2D eigenvalue weighted by Gasteiger charge is 2.30. The molecule has 0 unspecified atom stereocenters. The molecular formula is C30H35N5O3. The van der Waals surface area contributed by atoms with Gasteiger partial charge in [-0.1, -0.05) is 43.2 Å². The van der Waals surface area contributed by atoms with E-state index in [1.165, 1.54) is 12.8 Å². The summed E-state index contributed by atoms with van der Waals surface area (Å²) in [6, 6.07) is 16.0. The van der Waals surface area contributed by atoms with Crippen molar-refractivity contribution in [2.45, 2.75) is 58.2 Å². The lowest BCUT2D eigenvalue weighted by Gasteiger charge is -2.30. The quantitative estimate of drug-likeness (QED) is 0.475. The van der Waals surface area contributed by atoms with Gasteiger partial charge < -0.3 is 24.4 Å². The van der Waals surface area contributed by atoms with Gasteiger partial charge in [0, 0.05) is 49.0 Å². The third kappa shape index (κ3) is 5.39. The van der Waals surface area contributed by atoms with E-state index in [9.17, 15) is 9.59 Å². The second-order valence-electron chi connectivity index (χ2n) is 10.6. The molecule has 2 aromatic carbocycles. The largest absolute Gasteiger partial charge is 0.445 e. The molecule has 1 saturated carbocycles. The predicted octanol–water partition coefficient (Wildman–Crippen LogP) is 5.43. The minimum atomic E-state index is -0.302. The number of carbonyl (C=O) groups is 2. The van der Waals surface area contributed by atoms with Crippen molar-refractivity contribution in [3.8, 4) is 11.4 Å². The van der Waals surface area contributed by atoms with Gasteiger partial charge in [0.1, 0.15) is 12.4 Å². The zero-order valence-electron chi connectivity index (χ0n) is 21.8. The number of benzene rings is 2. The van der Waals surface area contributed by atoms with Gasteiger partial charge in [0.2, 0.25) is 5.91 Å². The zero-order chi connectivity index (χ0) is 25.9. The molecule has 0 bridgehead atoms. The number of hydrogen-bond acceptors (Lipinski definition) is 5. The molecule has 2 amide bonds. The fourth-order valence-electron chi connectivity index (χ4n) is 5.42. The summed E-state index contributed by atoms with van der Waals surface area (Å²) in [6.07, 6.45) is 8.37. The van der Waals surface area contributed by atoms with Crippen LogP contribution in [-0.4, -0.2) is 46.1 Å². The van der Waals surface area contributed by atoms with Crippen LogP contribution < -0.4 is 10.2 Å². The Morgan fingerprint density at radius 3 is 2.50 bits per heavy atom. The smallest absolute Gasteiger partial charge is 0.410 e.